The van der Waals surface area contributed by atoms with Crippen LogP contribution in [0.3, 0.4) is 0 Å². The minimum Gasteiger partial charge on any atom is -0.483 e. The molecule has 20 heavy (non-hydrogen) atoms. The summed E-state index contributed by atoms with van der Waals surface area (Å²) < 4.78 is 10.3. The number of nitro groups is 1. The lowest BCUT2D eigenvalue weighted by atomic mass is 10.00. The number of carbonyl (C=O) groups is 1. The third kappa shape index (κ3) is 2.72. The smallest absolute Gasteiger partial charge is 0.325 e. The van der Waals surface area contributed by atoms with Crippen LogP contribution in [0, 0.1) is 10.1 Å². The van der Waals surface area contributed by atoms with Gasteiger partial charge in [-0.1, -0.05) is 12.1 Å². The van der Waals surface area contributed by atoms with E-state index in [-0.39, 0.29) is 24.0 Å². The highest BCUT2D eigenvalue weighted by Gasteiger charge is 2.44. The monoisotopic (exact) mass is 280 g/mol. The molecule has 0 amide bonds. The largest absolute Gasteiger partial charge is 0.483 e. The first-order chi connectivity index (χ1) is 9.46. The van der Waals surface area contributed by atoms with Gasteiger partial charge >= 0.3 is 11.7 Å². The molecule has 1 aromatic carbocycles. The number of nitro benzene ring substituents is 1. The number of carbonyl (C=O) groups excluding carboxylic acids is 1. The standard InChI is InChI=1S/C13H16N2O5/c1-19-12(16)13(14)7-6-9(8-13)20-11-5-3-2-4-10(11)15(17)18/h2-5,9H,6-8,14H2,1H3. The first-order valence-corrected chi connectivity index (χ1v) is 6.23. The Labute approximate surface area is 115 Å². The average molecular weight is 280 g/mol. The molecule has 0 aliphatic heterocycles. The molecule has 7 nitrogen and oxygen atoms in total. The summed E-state index contributed by atoms with van der Waals surface area (Å²) in [6.07, 6.45) is 0.939. The number of hydrogen-bond acceptors (Lipinski definition) is 6. The molecule has 1 fully saturated rings. The van der Waals surface area contributed by atoms with Crippen molar-refractivity contribution >= 4 is 11.7 Å². The van der Waals surface area contributed by atoms with Crippen LogP contribution in [-0.2, 0) is 9.53 Å². The number of para-hydroxylation sites is 2. The van der Waals surface area contributed by atoms with E-state index in [2.05, 4.69) is 4.74 Å². The van der Waals surface area contributed by atoms with E-state index < -0.39 is 16.4 Å². The average Bonchev–Trinajstić information content (AvgIpc) is 2.81. The van der Waals surface area contributed by atoms with E-state index in [4.69, 9.17) is 10.5 Å². The lowest BCUT2D eigenvalue weighted by Crippen LogP contribution is -2.47. The van der Waals surface area contributed by atoms with Crippen LogP contribution < -0.4 is 10.5 Å². The molecular formula is C13H16N2O5. The molecule has 2 rings (SSSR count). The minimum atomic E-state index is -1.07. The molecule has 0 bridgehead atoms. The van der Waals surface area contributed by atoms with Crippen molar-refractivity contribution in [2.75, 3.05) is 7.11 Å². The molecular weight excluding hydrogens is 264 g/mol. The number of hydrogen-bond donors (Lipinski definition) is 1. The van der Waals surface area contributed by atoms with Gasteiger partial charge in [0.25, 0.3) is 0 Å². The van der Waals surface area contributed by atoms with Gasteiger partial charge in [-0.15, -0.1) is 0 Å². The second-order valence-electron chi connectivity index (χ2n) is 4.86. The highest BCUT2D eigenvalue weighted by atomic mass is 16.6. The zero-order valence-electron chi connectivity index (χ0n) is 11.1. The molecule has 1 saturated carbocycles. The fourth-order valence-corrected chi connectivity index (χ4v) is 2.41. The summed E-state index contributed by atoms with van der Waals surface area (Å²) in [6, 6.07) is 6.14. The molecule has 2 N–H and O–H groups in total. The van der Waals surface area contributed by atoms with Crippen LogP contribution >= 0.6 is 0 Å². The van der Waals surface area contributed by atoms with Gasteiger partial charge in [0, 0.05) is 12.5 Å². The first kappa shape index (κ1) is 14.3. The third-order valence-corrected chi connectivity index (χ3v) is 3.45. The van der Waals surface area contributed by atoms with Gasteiger partial charge in [0.15, 0.2) is 5.75 Å². The van der Waals surface area contributed by atoms with Crippen LogP contribution in [0.25, 0.3) is 0 Å². The third-order valence-electron chi connectivity index (χ3n) is 3.45. The summed E-state index contributed by atoms with van der Waals surface area (Å²) in [5.74, 6) is -0.289. The normalized spacial score (nSPS) is 25.2. The van der Waals surface area contributed by atoms with Crippen molar-refractivity contribution < 1.29 is 19.2 Å². The molecule has 1 aliphatic carbocycles. The van der Waals surface area contributed by atoms with Crippen molar-refractivity contribution in [3.63, 3.8) is 0 Å². The van der Waals surface area contributed by atoms with Crippen LogP contribution in [0.4, 0.5) is 5.69 Å². The number of rotatable bonds is 4. The predicted molar refractivity (Wildman–Crippen MR) is 70.3 cm³/mol. The predicted octanol–water partition coefficient (Wildman–Crippen LogP) is 1.40. The summed E-state index contributed by atoms with van der Waals surface area (Å²) in [4.78, 5) is 22.0. The van der Waals surface area contributed by atoms with Gasteiger partial charge in [-0.25, -0.2) is 0 Å². The van der Waals surface area contributed by atoms with Crippen molar-refractivity contribution in [2.24, 2.45) is 5.73 Å². The molecule has 7 heteroatoms. The van der Waals surface area contributed by atoms with Crippen molar-refractivity contribution in [1.82, 2.24) is 0 Å². The second kappa shape index (κ2) is 5.46. The van der Waals surface area contributed by atoms with Crippen molar-refractivity contribution in [1.29, 1.82) is 0 Å². The Kier molecular flexibility index (Phi) is 3.89. The summed E-state index contributed by atoms with van der Waals surface area (Å²) in [5.41, 5.74) is 4.80. The van der Waals surface area contributed by atoms with Crippen LogP contribution in [0.2, 0.25) is 0 Å². The number of benzene rings is 1. The summed E-state index contributed by atoms with van der Waals surface area (Å²) in [7, 11) is 1.28. The van der Waals surface area contributed by atoms with Gasteiger partial charge in [0.05, 0.1) is 12.0 Å². The van der Waals surface area contributed by atoms with Crippen LogP contribution in [0.15, 0.2) is 24.3 Å². The van der Waals surface area contributed by atoms with E-state index in [1.165, 1.54) is 19.2 Å². The Morgan fingerprint density at radius 2 is 2.20 bits per heavy atom. The second-order valence-corrected chi connectivity index (χ2v) is 4.86. The molecule has 1 aliphatic rings. The fraction of sp³-hybridized carbons (Fsp3) is 0.462. The molecule has 0 spiro atoms. The lowest BCUT2D eigenvalue weighted by Gasteiger charge is -2.20. The number of methoxy groups -OCH3 is 1. The zero-order chi connectivity index (χ0) is 14.8. The quantitative estimate of drug-likeness (QED) is 0.507. The van der Waals surface area contributed by atoms with Crippen LogP contribution in [-0.4, -0.2) is 29.6 Å². The molecule has 0 radical (unpaired) electrons. The van der Waals surface area contributed by atoms with Crippen molar-refractivity contribution in [2.45, 2.75) is 30.9 Å². The van der Waals surface area contributed by atoms with Gasteiger partial charge in [-0.3, -0.25) is 14.9 Å². The van der Waals surface area contributed by atoms with Gasteiger partial charge in [0.1, 0.15) is 11.6 Å². The minimum absolute atomic E-state index is 0.0971. The number of nitrogens with two attached hydrogens (primary N) is 1. The maximum Gasteiger partial charge on any atom is 0.325 e. The number of ether oxygens (including phenoxy) is 2. The number of nitrogens with zero attached hydrogens (tertiary/aromatic N) is 1. The Balaban J connectivity index is 2.10. The summed E-state index contributed by atoms with van der Waals surface area (Å²) >= 11 is 0. The zero-order valence-corrected chi connectivity index (χ0v) is 11.1. The molecule has 0 saturated heterocycles. The Morgan fingerprint density at radius 3 is 2.85 bits per heavy atom. The van der Waals surface area contributed by atoms with Gasteiger partial charge < -0.3 is 15.2 Å². The molecule has 0 heterocycles. The number of esters is 1. The molecule has 0 aromatic heterocycles. The molecule has 2 unspecified atom stereocenters. The Hall–Kier alpha value is -2.15. The maximum absolute atomic E-state index is 11.6. The summed E-state index contributed by atoms with van der Waals surface area (Å²) in [5, 5.41) is 10.9. The van der Waals surface area contributed by atoms with E-state index in [1.54, 1.807) is 12.1 Å². The van der Waals surface area contributed by atoms with E-state index in [1.807, 2.05) is 0 Å². The van der Waals surface area contributed by atoms with Gasteiger partial charge in [0.2, 0.25) is 0 Å². The van der Waals surface area contributed by atoms with Gasteiger partial charge in [-0.05, 0) is 18.9 Å². The Morgan fingerprint density at radius 1 is 1.50 bits per heavy atom. The highest BCUT2D eigenvalue weighted by molar-refractivity contribution is 5.81. The first-order valence-electron chi connectivity index (χ1n) is 6.23. The van der Waals surface area contributed by atoms with Crippen LogP contribution in [0.5, 0.6) is 5.75 Å². The van der Waals surface area contributed by atoms with E-state index in [9.17, 15) is 14.9 Å². The maximum atomic E-state index is 11.6. The SMILES string of the molecule is COC(=O)C1(N)CCC(Oc2ccccc2[N+](=O)[O-])C1. The summed E-state index contributed by atoms with van der Waals surface area (Å²) in [6.45, 7) is 0. The fourth-order valence-electron chi connectivity index (χ4n) is 2.41. The topological polar surface area (TPSA) is 105 Å². The molecule has 2 atom stereocenters. The van der Waals surface area contributed by atoms with Crippen molar-refractivity contribution in [3.8, 4) is 5.75 Å². The van der Waals surface area contributed by atoms with Crippen LogP contribution in [0.1, 0.15) is 19.3 Å². The Bertz CT molecular complexity index is 533. The van der Waals surface area contributed by atoms with E-state index in [0.717, 1.165) is 0 Å². The molecule has 108 valence electrons. The van der Waals surface area contributed by atoms with E-state index >= 15 is 0 Å². The van der Waals surface area contributed by atoms with Crippen molar-refractivity contribution in [3.05, 3.63) is 34.4 Å². The molecule has 1 aromatic rings. The lowest BCUT2D eigenvalue weighted by molar-refractivity contribution is -0.386. The van der Waals surface area contributed by atoms with E-state index in [0.29, 0.717) is 12.8 Å². The highest BCUT2D eigenvalue weighted by Crippen LogP contribution is 2.34. The van der Waals surface area contributed by atoms with Gasteiger partial charge in [-0.2, -0.15) is 0 Å².